The average Bonchev–Trinajstić information content (AvgIpc) is 3.35. The Labute approximate surface area is 261 Å². The van der Waals surface area contributed by atoms with Crippen molar-refractivity contribution in [2.75, 3.05) is 0 Å². The van der Waals surface area contributed by atoms with Crippen LogP contribution in [0.4, 0.5) is 0 Å². The van der Waals surface area contributed by atoms with Gasteiger partial charge in [-0.3, -0.25) is 4.79 Å². The summed E-state index contributed by atoms with van der Waals surface area (Å²) >= 11 is 0. The second kappa shape index (κ2) is 8.99. The van der Waals surface area contributed by atoms with Crippen LogP contribution in [0.5, 0.6) is 0 Å². The molecule has 43 heavy (non-hydrogen) atoms. The van der Waals surface area contributed by atoms with Gasteiger partial charge in [0.1, 0.15) is 0 Å². The molecule has 8 rings (SSSR count). The molecule has 0 saturated heterocycles. The third-order valence-corrected chi connectivity index (χ3v) is 17.4. The maximum atomic E-state index is 13.8. The number of carbonyl (C=O) groups excluding carboxylic acids is 1. The van der Waals surface area contributed by atoms with Crippen LogP contribution in [-0.2, 0) is 4.79 Å². The molecule has 0 amide bonds. The zero-order valence-corrected chi connectivity index (χ0v) is 28.0. The van der Waals surface area contributed by atoms with Gasteiger partial charge in [-0.1, -0.05) is 44.9 Å². The monoisotopic (exact) mass is 586 g/mol. The zero-order chi connectivity index (χ0) is 30.4. The van der Waals surface area contributed by atoms with Crippen molar-refractivity contribution < 1.29 is 15.0 Å². The van der Waals surface area contributed by atoms with Gasteiger partial charge in [0.15, 0.2) is 5.78 Å². The Morgan fingerprint density at radius 1 is 0.581 bits per heavy atom. The fraction of sp³-hybridized carbons (Fsp3) is 0.825. The molecule has 0 unspecified atom stereocenters. The van der Waals surface area contributed by atoms with Gasteiger partial charge in [-0.15, -0.1) is 0 Å². The molecule has 6 saturated carbocycles. The normalized spacial score (nSPS) is 57.4. The molecule has 0 aromatic heterocycles. The molecule has 0 bridgehead atoms. The summed E-state index contributed by atoms with van der Waals surface area (Å²) in [6.45, 7) is 14.1. The van der Waals surface area contributed by atoms with E-state index >= 15 is 0 Å². The van der Waals surface area contributed by atoms with Crippen LogP contribution in [0.25, 0.3) is 0 Å². The minimum atomic E-state index is -0.540. The first-order valence-corrected chi connectivity index (χ1v) is 18.3. The third kappa shape index (κ3) is 3.65. The van der Waals surface area contributed by atoms with Gasteiger partial charge in [0.25, 0.3) is 0 Å². The van der Waals surface area contributed by atoms with Gasteiger partial charge < -0.3 is 10.2 Å². The Balaban J connectivity index is 1.09. The van der Waals surface area contributed by atoms with E-state index in [-0.39, 0.29) is 21.7 Å². The summed E-state index contributed by atoms with van der Waals surface area (Å²) in [6, 6.07) is 0. The Morgan fingerprint density at radius 3 is 1.63 bits per heavy atom. The van der Waals surface area contributed by atoms with Crippen LogP contribution in [0, 0.1) is 57.2 Å². The highest BCUT2D eigenvalue weighted by Crippen LogP contribution is 2.70. The lowest BCUT2D eigenvalue weighted by Gasteiger charge is -2.59. The fourth-order valence-electron chi connectivity index (χ4n) is 14.1. The number of rotatable bonds is 0. The molecule has 6 fully saturated rings. The summed E-state index contributed by atoms with van der Waals surface area (Å²) < 4.78 is 0. The third-order valence-electron chi connectivity index (χ3n) is 17.4. The van der Waals surface area contributed by atoms with Gasteiger partial charge in [-0.2, -0.15) is 0 Å². The Kier molecular flexibility index (Phi) is 6.11. The minimum Gasteiger partial charge on any atom is -0.390 e. The lowest BCUT2D eigenvalue weighted by molar-refractivity contribution is -0.120. The molecule has 8 aliphatic carbocycles. The highest BCUT2D eigenvalue weighted by atomic mass is 16.3. The fourth-order valence-corrected chi connectivity index (χ4v) is 14.1. The van der Waals surface area contributed by atoms with E-state index in [1.807, 2.05) is 0 Å². The maximum Gasteiger partial charge on any atom is 0.182 e. The predicted octanol–water partition coefficient (Wildman–Crippen LogP) is 8.89. The van der Waals surface area contributed by atoms with Crippen LogP contribution in [-0.4, -0.2) is 27.2 Å². The van der Waals surface area contributed by atoms with E-state index in [4.69, 9.17) is 0 Å². The molecule has 0 aromatic carbocycles. The minimum absolute atomic E-state index is 0.0411. The molecule has 0 heterocycles. The van der Waals surface area contributed by atoms with Crippen LogP contribution in [0.1, 0.15) is 138 Å². The second-order valence-corrected chi connectivity index (χ2v) is 18.6. The zero-order valence-electron chi connectivity index (χ0n) is 28.0. The molecule has 8 aliphatic rings. The largest absolute Gasteiger partial charge is 0.390 e. The van der Waals surface area contributed by atoms with E-state index < -0.39 is 11.2 Å². The first-order valence-electron chi connectivity index (χ1n) is 18.3. The molecule has 2 N–H and O–H groups in total. The van der Waals surface area contributed by atoms with E-state index in [9.17, 15) is 15.0 Å². The first kappa shape index (κ1) is 29.2. The van der Waals surface area contributed by atoms with Gasteiger partial charge in [-0.05, 0) is 179 Å². The van der Waals surface area contributed by atoms with E-state index in [2.05, 4.69) is 53.7 Å². The summed E-state index contributed by atoms with van der Waals surface area (Å²) in [5, 5.41) is 22.7. The van der Waals surface area contributed by atoms with Gasteiger partial charge in [0.2, 0.25) is 0 Å². The smallest absolute Gasteiger partial charge is 0.182 e. The molecule has 3 heteroatoms. The van der Waals surface area contributed by atoms with E-state index in [1.54, 1.807) is 5.57 Å². The van der Waals surface area contributed by atoms with Crippen LogP contribution < -0.4 is 0 Å². The quantitative estimate of drug-likeness (QED) is 0.279. The topological polar surface area (TPSA) is 57.5 Å². The second-order valence-electron chi connectivity index (χ2n) is 18.6. The van der Waals surface area contributed by atoms with Gasteiger partial charge >= 0.3 is 0 Å². The van der Waals surface area contributed by atoms with Crippen LogP contribution >= 0.6 is 0 Å². The standard InChI is InChI=1S/C40H58O3/c1-35-16-11-24(21-25(35)7-9-27-30(35)12-17-37(3)32(27)14-19-39(37,5)42)29-23-36(2)26(22-34(29)41)8-10-28-31(36)13-18-38(4)33(28)15-20-40(38,6)43/h21-22,27-28,30-33,42-43H,7-20,23H2,1-6H3/b29-24-/t27-,28-,30+,31+,32+,33+,35+,36+,37+,38+,39+,40+/m1/s1. The van der Waals surface area contributed by atoms with Crippen molar-refractivity contribution in [2.24, 2.45) is 57.2 Å². The van der Waals surface area contributed by atoms with Crippen LogP contribution in [0.15, 0.2) is 34.4 Å². The number of carbonyl (C=O) groups is 1. The van der Waals surface area contributed by atoms with Gasteiger partial charge in [0.05, 0.1) is 11.2 Å². The van der Waals surface area contributed by atoms with Crippen molar-refractivity contribution in [3.8, 4) is 0 Å². The highest BCUT2D eigenvalue weighted by molar-refractivity contribution is 6.06. The molecule has 12 atom stereocenters. The predicted molar refractivity (Wildman–Crippen MR) is 172 cm³/mol. The lowest BCUT2D eigenvalue weighted by Crippen LogP contribution is -2.54. The van der Waals surface area contributed by atoms with Crippen molar-refractivity contribution in [3.05, 3.63) is 34.4 Å². The molecule has 0 aromatic rings. The molecular formula is C40H58O3. The summed E-state index contributed by atoms with van der Waals surface area (Å²) in [7, 11) is 0. The molecule has 0 spiro atoms. The summed E-state index contributed by atoms with van der Waals surface area (Å²) in [6.07, 6.45) is 21.4. The van der Waals surface area contributed by atoms with E-state index in [0.29, 0.717) is 29.5 Å². The number of allylic oxidation sites excluding steroid dienone is 5. The van der Waals surface area contributed by atoms with E-state index in [1.165, 1.54) is 56.1 Å². The van der Waals surface area contributed by atoms with Crippen LogP contribution in [0.2, 0.25) is 0 Å². The Hall–Kier alpha value is -1.19. The highest BCUT2D eigenvalue weighted by Gasteiger charge is 2.64. The van der Waals surface area contributed by atoms with Crippen LogP contribution in [0.3, 0.4) is 0 Å². The lowest BCUT2D eigenvalue weighted by atomic mass is 9.45. The number of ketones is 1. The summed E-state index contributed by atoms with van der Waals surface area (Å²) in [5.74, 6) is 4.33. The van der Waals surface area contributed by atoms with Gasteiger partial charge in [-0.25, -0.2) is 0 Å². The SMILES string of the molecule is C[C@]12CC/C(=C3\C[C@@]4(C)C(=CC3=O)CC[C@@H]3[C@@H]4CC[C@@]4(C)[C@H]3CC[C@]4(C)O)C=C1CC[C@@H]1[C@@H]2CC[C@@]2(C)[C@H]1CC[C@]2(C)O. The number of hydrogen-bond donors (Lipinski definition) is 2. The van der Waals surface area contributed by atoms with Crippen molar-refractivity contribution in [2.45, 2.75) is 149 Å². The van der Waals surface area contributed by atoms with Crippen molar-refractivity contribution in [1.82, 2.24) is 0 Å². The number of hydrogen-bond acceptors (Lipinski definition) is 3. The molecule has 0 aliphatic heterocycles. The van der Waals surface area contributed by atoms with Gasteiger partial charge in [0, 0.05) is 5.57 Å². The number of aliphatic hydroxyl groups is 2. The Morgan fingerprint density at radius 2 is 1.07 bits per heavy atom. The number of fused-ring (bicyclic) bond motifs is 10. The first-order chi connectivity index (χ1) is 20.1. The molecule has 236 valence electrons. The van der Waals surface area contributed by atoms with Crippen molar-refractivity contribution in [3.63, 3.8) is 0 Å². The summed E-state index contributed by atoms with van der Waals surface area (Å²) in [4.78, 5) is 13.8. The maximum absolute atomic E-state index is 13.8. The van der Waals surface area contributed by atoms with Crippen molar-refractivity contribution in [1.29, 1.82) is 0 Å². The van der Waals surface area contributed by atoms with Crippen molar-refractivity contribution >= 4 is 5.78 Å². The molecular weight excluding hydrogens is 528 g/mol. The Bertz CT molecular complexity index is 1340. The van der Waals surface area contributed by atoms with E-state index in [0.717, 1.165) is 68.8 Å². The molecule has 3 nitrogen and oxygen atoms in total. The summed E-state index contributed by atoms with van der Waals surface area (Å²) in [5.41, 5.74) is 4.95. The average molecular weight is 587 g/mol. The molecule has 0 radical (unpaired) electrons.